The molecule has 0 radical (unpaired) electrons. The zero-order valence-electron chi connectivity index (χ0n) is 11.3. The molecule has 3 aromatic carbocycles. The first-order valence-corrected chi connectivity index (χ1v) is 6.76. The number of benzene rings is 3. The van der Waals surface area contributed by atoms with E-state index in [9.17, 15) is 19.8 Å². The average molecular weight is 290 g/mol. The van der Waals surface area contributed by atoms with E-state index >= 15 is 0 Å². The third-order valence-electron chi connectivity index (χ3n) is 4.03. The van der Waals surface area contributed by atoms with Crippen LogP contribution in [-0.4, -0.2) is 21.8 Å². The molecule has 2 N–H and O–H groups in total. The molecular formula is C18H10O4. The highest BCUT2D eigenvalue weighted by Gasteiger charge is 2.35. The topological polar surface area (TPSA) is 74.6 Å². The van der Waals surface area contributed by atoms with E-state index in [1.807, 2.05) is 0 Å². The second-order valence-corrected chi connectivity index (χ2v) is 5.20. The van der Waals surface area contributed by atoms with Gasteiger partial charge in [0.15, 0.2) is 23.1 Å². The molecule has 4 heteroatoms. The first-order valence-electron chi connectivity index (χ1n) is 6.76. The van der Waals surface area contributed by atoms with Crippen molar-refractivity contribution < 1.29 is 19.8 Å². The Hall–Kier alpha value is -3.14. The lowest BCUT2D eigenvalue weighted by molar-refractivity contribution is 0.0977. The molecule has 0 aromatic heterocycles. The molecule has 0 spiro atoms. The predicted octanol–water partition coefficient (Wildman–Crippen LogP) is 3.03. The molecule has 106 valence electrons. The van der Waals surface area contributed by atoms with Gasteiger partial charge in [0.05, 0.1) is 5.56 Å². The van der Waals surface area contributed by atoms with Gasteiger partial charge in [0.1, 0.15) is 0 Å². The molecule has 22 heavy (non-hydrogen) atoms. The van der Waals surface area contributed by atoms with Crippen molar-refractivity contribution in [2.75, 3.05) is 0 Å². The van der Waals surface area contributed by atoms with Crippen molar-refractivity contribution in [2.24, 2.45) is 0 Å². The van der Waals surface area contributed by atoms with Crippen molar-refractivity contribution in [2.45, 2.75) is 0 Å². The monoisotopic (exact) mass is 290 g/mol. The maximum atomic E-state index is 12.8. The van der Waals surface area contributed by atoms with Gasteiger partial charge < -0.3 is 10.2 Å². The van der Waals surface area contributed by atoms with E-state index in [-0.39, 0.29) is 28.2 Å². The van der Waals surface area contributed by atoms with Crippen LogP contribution in [0.4, 0.5) is 0 Å². The van der Waals surface area contributed by atoms with Crippen LogP contribution in [0.3, 0.4) is 0 Å². The van der Waals surface area contributed by atoms with E-state index < -0.39 is 11.5 Å². The van der Waals surface area contributed by atoms with Gasteiger partial charge in [-0.3, -0.25) is 9.59 Å². The summed E-state index contributed by atoms with van der Waals surface area (Å²) in [6.45, 7) is 0. The van der Waals surface area contributed by atoms with Crippen molar-refractivity contribution in [3.05, 3.63) is 70.8 Å². The van der Waals surface area contributed by atoms with E-state index in [0.29, 0.717) is 16.3 Å². The molecule has 3 aromatic rings. The number of hydrogen-bond donors (Lipinski definition) is 2. The molecule has 0 saturated carbocycles. The van der Waals surface area contributed by atoms with Crippen molar-refractivity contribution in [3.8, 4) is 11.5 Å². The molecule has 4 rings (SSSR count). The highest BCUT2D eigenvalue weighted by molar-refractivity contribution is 6.33. The number of carbonyl (C=O) groups is 2. The molecule has 0 unspecified atom stereocenters. The minimum absolute atomic E-state index is 0.125. The van der Waals surface area contributed by atoms with Crippen molar-refractivity contribution in [3.63, 3.8) is 0 Å². The molecule has 0 amide bonds. The second kappa shape index (κ2) is 4.18. The molecule has 4 nitrogen and oxygen atoms in total. The van der Waals surface area contributed by atoms with Gasteiger partial charge >= 0.3 is 0 Å². The van der Waals surface area contributed by atoms with Crippen LogP contribution in [0.1, 0.15) is 31.8 Å². The minimum Gasteiger partial charge on any atom is -0.504 e. The fourth-order valence-corrected chi connectivity index (χ4v) is 3.01. The van der Waals surface area contributed by atoms with Gasteiger partial charge in [-0.15, -0.1) is 0 Å². The van der Waals surface area contributed by atoms with Crippen LogP contribution >= 0.6 is 0 Å². The van der Waals surface area contributed by atoms with Crippen LogP contribution in [0.15, 0.2) is 48.5 Å². The summed E-state index contributed by atoms with van der Waals surface area (Å²) in [5.74, 6) is -1.70. The number of fused-ring (bicyclic) bond motifs is 4. The first-order chi connectivity index (χ1) is 10.6. The van der Waals surface area contributed by atoms with E-state index in [2.05, 4.69) is 0 Å². The van der Waals surface area contributed by atoms with E-state index in [1.54, 1.807) is 48.5 Å². The lowest BCUT2D eigenvalue weighted by Crippen LogP contribution is -2.21. The van der Waals surface area contributed by atoms with Gasteiger partial charge in [0, 0.05) is 22.1 Å². The number of phenols is 2. The van der Waals surface area contributed by atoms with Crippen LogP contribution in [-0.2, 0) is 0 Å². The SMILES string of the molecule is O=C1c2ccccc2C(=O)c2c1c(O)c(O)c1ccccc21. The lowest BCUT2D eigenvalue weighted by atomic mass is 9.81. The summed E-state index contributed by atoms with van der Waals surface area (Å²) in [4.78, 5) is 25.4. The smallest absolute Gasteiger partial charge is 0.198 e. The molecule has 0 saturated heterocycles. The largest absolute Gasteiger partial charge is 0.504 e. The van der Waals surface area contributed by atoms with Gasteiger partial charge in [-0.2, -0.15) is 0 Å². The van der Waals surface area contributed by atoms with Crippen LogP contribution in [0.25, 0.3) is 10.8 Å². The third kappa shape index (κ3) is 1.41. The Bertz CT molecular complexity index is 986. The predicted molar refractivity (Wildman–Crippen MR) is 80.6 cm³/mol. The van der Waals surface area contributed by atoms with Gasteiger partial charge in [-0.1, -0.05) is 48.5 Å². The zero-order chi connectivity index (χ0) is 15.4. The number of aromatic hydroxyl groups is 2. The summed E-state index contributed by atoms with van der Waals surface area (Å²) in [5.41, 5.74) is 0.578. The highest BCUT2D eigenvalue weighted by atomic mass is 16.3. The Morgan fingerprint density at radius 1 is 0.591 bits per heavy atom. The molecular weight excluding hydrogens is 280 g/mol. The standard InChI is InChI=1S/C18H10O4/c19-15-11-7-3-4-8-12(11)16(20)14-13(15)9-5-1-2-6-10(9)17(21)18(14)22/h1-8,21-22H. The second-order valence-electron chi connectivity index (χ2n) is 5.20. The Morgan fingerprint density at radius 3 is 1.73 bits per heavy atom. The third-order valence-corrected chi connectivity index (χ3v) is 4.03. The maximum absolute atomic E-state index is 12.8. The molecule has 0 heterocycles. The summed E-state index contributed by atoms with van der Waals surface area (Å²) in [5, 5.41) is 21.2. The Balaban J connectivity index is 2.22. The average Bonchev–Trinajstić information content (AvgIpc) is 2.56. The Morgan fingerprint density at radius 2 is 1.09 bits per heavy atom. The number of phenolic OH excluding ortho intramolecular Hbond substituents is 2. The van der Waals surface area contributed by atoms with Gasteiger partial charge in [0.25, 0.3) is 0 Å². The summed E-state index contributed by atoms with van der Waals surface area (Å²) in [6.07, 6.45) is 0. The van der Waals surface area contributed by atoms with E-state index in [4.69, 9.17) is 0 Å². The highest BCUT2D eigenvalue weighted by Crippen LogP contribution is 2.44. The summed E-state index contributed by atoms with van der Waals surface area (Å²) in [6, 6.07) is 13.2. The summed E-state index contributed by atoms with van der Waals surface area (Å²) < 4.78 is 0. The van der Waals surface area contributed by atoms with Crippen molar-refractivity contribution >= 4 is 22.3 Å². The van der Waals surface area contributed by atoms with Crippen LogP contribution in [0.5, 0.6) is 11.5 Å². The van der Waals surface area contributed by atoms with E-state index in [1.165, 1.54) is 0 Å². The van der Waals surface area contributed by atoms with Crippen molar-refractivity contribution in [1.29, 1.82) is 0 Å². The number of hydrogen-bond acceptors (Lipinski definition) is 4. The molecule has 1 aliphatic carbocycles. The maximum Gasteiger partial charge on any atom is 0.198 e. The summed E-state index contributed by atoms with van der Waals surface area (Å²) >= 11 is 0. The lowest BCUT2D eigenvalue weighted by Gasteiger charge is -2.21. The minimum atomic E-state index is -0.540. The number of ketones is 2. The molecule has 0 aliphatic heterocycles. The normalized spacial score (nSPS) is 13.1. The van der Waals surface area contributed by atoms with Crippen LogP contribution in [0, 0.1) is 0 Å². The van der Waals surface area contributed by atoms with E-state index in [0.717, 1.165) is 0 Å². The van der Waals surface area contributed by atoms with Crippen LogP contribution < -0.4 is 0 Å². The fourth-order valence-electron chi connectivity index (χ4n) is 3.01. The fraction of sp³-hybridized carbons (Fsp3) is 0. The molecule has 0 fully saturated rings. The van der Waals surface area contributed by atoms with Crippen molar-refractivity contribution in [1.82, 2.24) is 0 Å². The Kier molecular flexibility index (Phi) is 2.39. The van der Waals surface area contributed by atoms with Gasteiger partial charge in [-0.05, 0) is 5.39 Å². The molecule has 0 atom stereocenters. The Labute approximate surface area is 125 Å². The van der Waals surface area contributed by atoms with Gasteiger partial charge in [0.2, 0.25) is 0 Å². The van der Waals surface area contributed by atoms with Crippen LogP contribution in [0.2, 0.25) is 0 Å². The van der Waals surface area contributed by atoms with Gasteiger partial charge in [-0.25, -0.2) is 0 Å². The molecule has 0 bridgehead atoms. The first kappa shape index (κ1) is 12.6. The zero-order valence-corrected chi connectivity index (χ0v) is 11.3. The summed E-state index contributed by atoms with van der Waals surface area (Å²) in [7, 11) is 0. The number of rotatable bonds is 0. The number of carbonyl (C=O) groups excluding carboxylic acids is 2. The quantitative estimate of drug-likeness (QED) is 0.488. The molecule has 1 aliphatic rings.